The Labute approximate surface area is 108 Å². The highest BCUT2D eigenvalue weighted by atomic mass is 15.1. The van der Waals surface area contributed by atoms with E-state index in [1.807, 2.05) is 0 Å². The Bertz CT molecular complexity index is 183. The minimum absolute atomic E-state index is 0.618. The van der Waals surface area contributed by atoms with E-state index in [1.54, 1.807) is 0 Å². The van der Waals surface area contributed by atoms with Crippen LogP contribution in [0.2, 0.25) is 0 Å². The summed E-state index contributed by atoms with van der Waals surface area (Å²) in [6.07, 6.45) is 5.66. The molecule has 2 nitrogen and oxygen atoms in total. The van der Waals surface area contributed by atoms with Crippen LogP contribution in [-0.4, -0.2) is 37.1 Å². The van der Waals surface area contributed by atoms with E-state index >= 15 is 0 Å². The standard InChI is InChI=1S/C15H32N2/c1-5-6-15-7-9-17(10-8-15)12-14(4)11-16-13(2)3/h13-16H,5-12H2,1-4H3. The second-order valence-corrected chi connectivity index (χ2v) is 6.20. The Morgan fingerprint density at radius 3 is 2.35 bits per heavy atom. The van der Waals surface area contributed by atoms with Crippen molar-refractivity contribution in [1.82, 2.24) is 10.2 Å². The monoisotopic (exact) mass is 240 g/mol. The van der Waals surface area contributed by atoms with Crippen LogP contribution in [-0.2, 0) is 0 Å². The molecule has 1 saturated heterocycles. The van der Waals surface area contributed by atoms with Crippen LogP contribution < -0.4 is 5.32 Å². The predicted molar refractivity (Wildman–Crippen MR) is 76.4 cm³/mol. The number of piperidine rings is 1. The molecule has 102 valence electrons. The number of hydrogen-bond donors (Lipinski definition) is 1. The molecule has 1 fully saturated rings. The summed E-state index contributed by atoms with van der Waals surface area (Å²) in [7, 11) is 0. The molecule has 1 N–H and O–H groups in total. The van der Waals surface area contributed by atoms with Crippen molar-refractivity contribution in [2.24, 2.45) is 11.8 Å². The van der Waals surface area contributed by atoms with Crippen molar-refractivity contribution in [3.05, 3.63) is 0 Å². The number of likely N-dealkylation sites (tertiary alicyclic amines) is 1. The molecule has 1 atom stereocenters. The van der Waals surface area contributed by atoms with Crippen LogP contribution in [0, 0.1) is 11.8 Å². The highest BCUT2D eigenvalue weighted by Crippen LogP contribution is 2.22. The van der Waals surface area contributed by atoms with Crippen LogP contribution in [0.3, 0.4) is 0 Å². The van der Waals surface area contributed by atoms with Gasteiger partial charge >= 0.3 is 0 Å². The fourth-order valence-corrected chi connectivity index (χ4v) is 2.81. The Balaban J connectivity index is 2.12. The third-order valence-electron chi connectivity index (χ3n) is 3.85. The van der Waals surface area contributed by atoms with Crippen molar-refractivity contribution >= 4 is 0 Å². The Morgan fingerprint density at radius 1 is 1.18 bits per heavy atom. The van der Waals surface area contributed by atoms with Gasteiger partial charge in [-0.1, -0.05) is 40.5 Å². The average Bonchev–Trinajstić information content (AvgIpc) is 2.29. The molecule has 0 radical (unpaired) electrons. The van der Waals surface area contributed by atoms with Gasteiger partial charge in [0, 0.05) is 12.6 Å². The molecule has 0 saturated carbocycles. The van der Waals surface area contributed by atoms with Gasteiger partial charge in [-0.15, -0.1) is 0 Å². The first-order valence-electron chi connectivity index (χ1n) is 7.57. The van der Waals surface area contributed by atoms with E-state index in [-0.39, 0.29) is 0 Å². The summed E-state index contributed by atoms with van der Waals surface area (Å²) in [6, 6.07) is 0.618. The lowest BCUT2D eigenvalue weighted by Gasteiger charge is -2.33. The average molecular weight is 240 g/mol. The zero-order valence-electron chi connectivity index (χ0n) is 12.3. The van der Waals surface area contributed by atoms with Crippen molar-refractivity contribution in [3.8, 4) is 0 Å². The minimum Gasteiger partial charge on any atom is -0.314 e. The molecule has 1 heterocycles. The number of hydrogen-bond acceptors (Lipinski definition) is 2. The van der Waals surface area contributed by atoms with E-state index in [1.165, 1.54) is 45.3 Å². The Morgan fingerprint density at radius 2 is 1.82 bits per heavy atom. The molecule has 0 aromatic heterocycles. The predicted octanol–water partition coefficient (Wildman–Crippen LogP) is 3.13. The lowest BCUT2D eigenvalue weighted by atomic mass is 9.92. The van der Waals surface area contributed by atoms with Gasteiger partial charge in [-0.05, 0) is 44.3 Å². The summed E-state index contributed by atoms with van der Waals surface area (Å²) in [5.41, 5.74) is 0. The van der Waals surface area contributed by atoms with E-state index in [0.717, 1.165) is 18.4 Å². The van der Waals surface area contributed by atoms with Gasteiger partial charge in [0.2, 0.25) is 0 Å². The Kier molecular flexibility index (Phi) is 7.14. The normalized spacial score (nSPS) is 21.0. The largest absolute Gasteiger partial charge is 0.314 e. The van der Waals surface area contributed by atoms with Crippen LogP contribution in [0.25, 0.3) is 0 Å². The maximum atomic E-state index is 3.54. The maximum absolute atomic E-state index is 3.54. The van der Waals surface area contributed by atoms with Gasteiger partial charge < -0.3 is 10.2 Å². The van der Waals surface area contributed by atoms with Gasteiger partial charge in [-0.3, -0.25) is 0 Å². The summed E-state index contributed by atoms with van der Waals surface area (Å²) in [4.78, 5) is 2.67. The molecule has 17 heavy (non-hydrogen) atoms. The topological polar surface area (TPSA) is 15.3 Å². The van der Waals surface area contributed by atoms with Crippen LogP contribution in [0.5, 0.6) is 0 Å². The summed E-state index contributed by atoms with van der Waals surface area (Å²) in [5, 5.41) is 3.54. The SMILES string of the molecule is CCCC1CCN(CC(C)CNC(C)C)CC1. The summed E-state index contributed by atoms with van der Waals surface area (Å²) in [5.74, 6) is 1.79. The van der Waals surface area contributed by atoms with Crippen molar-refractivity contribution in [2.75, 3.05) is 26.2 Å². The highest BCUT2D eigenvalue weighted by Gasteiger charge is 2.19. The van der Waals surface area contributed by atoms with Crippen LogP contribution in [0.4, 0.5) is 0 Å². The summed E-state index contributed by atoms with van der Waals surface area (Å²) < 4.78 is 0. The first kappa shape index (κ1) is 15.0. The minimum atomic E-state index is 0.618. The van der Waals surface area contributed by atoms with E-state index in [9.17, 15) is 0 Å². The van der Waals surface area contributed by atoms with Gasteiger partial charge in [-0.2, -0.15) is 0 Å². The van der Waals surface area contributed by atoms with E-state index in [0.29, 0.717) is 6.04 Å². The second kappa shape index (κ2) is 8.10. The van der Waals surface area contributed by atoms with Gasteiger partial charge in [0.05, 0.1) is 0 Å². The quantitative estimate of drug-likeness (QED) is 0.735. The van der Waals surface area contributed by atoms with Gasteiger partial charge in [0.15, 0.2) is 0 Å². The molecule has 0 spiro atoms. The smallest absolute Gasteiger partial charge is 0.00191 e. The Hall–Kier alpha value is -0.0800. The van der Waals surface area contributed by atoms with Gasteiger partial charge in [0.1, 0.15) is 0 Å². The molecular weight excluding hydrogens is 208 g/mol. The zero-order valence-corrected chi connectivity index (χ0v) is 12.3. The molecular formula is C15H32N2. The fourth-order valence-electron chi connectivity index (χ4n) is 2.81. The molecule has 0 aromatic carbocycles. The summed E-state index contributed by atoms with van der Waals surface area (Å²) in [6.45, 7) is 14.2. The lowest BCUT2D eigenvalue weighted by molar-refractivity contribution is 0.158. The highest BCUT2D eigenvalue weighted by molar-refractivity contribution is 4.74. The number of nitrogens with zero attached hydrogens (tertiary/aromatic N) is 1. The molecule has 1 aliphatic rings. The van der Waals surface area contributed by atoms with Crippen molar-refractivity contribution in [1.29, 1.82) is 0 Å². The van der Waals surface area contributed by atoms with Crippen LogP contribution in [0.1, 0.15) is 53.4 Å². The molecule has 0 aliphatic carbocycles. The van der Waals surface area contributed by atoms with Crippen LogP contribution in [0.15, 0.2) is 0 Å². The van der Waals surface area contributed by atoms with Gasteiger partial charge in [0.25, 0.3) is 0 Å². The second-order valence-electron chi connectivity index (χ2n) is 6.20. The third kappa shape index (κ3) is 6.42. The van der Waals surface area contributed by atoms with E-state index < -0.39 is 0 Å². The van der Waals surface area contributed by atoms with E-state index in [2.05, 4.69) is 37.9 Å². The van der Waals surface area contributed by atoms with Crippen LogP contribution >= 0.6 is 0 Å². The summed E-state index contributed by atoms with van der Waals surface area (Å²) >= 11 is 0. The molecule has 0 bridgehead atoms. The van der Waals surface area contributed by atoms with Crippen molar-refractivity contribution in [3.63, 3.8) is 0 Å². The van der Waals surface area contributed by atoms with Crippen molar-refractivity contribution in [2.45, 2.75) is 59.4 Å². The first-order valence-corrected chi connectivity index (χ1v) is 7.57. The third-order valence-corrected chi connectivity index (χ3v) is 3.85. The molecule has 2 heteroatoms. The number of nitrogens with one attached hydrogen (secondary N) is 1. The molecule has 0 amide bonds. The maximum Gasteiger partial charge on any atom is 0.00191 e. The zero-order chi connectivity index (χ0) is 12.7. The van der Waals surface area contributed by atoms with E-state index in [4.69, 9.17) is 0 Å². The molecule has 0 aromatic rings. The number of rotatable bonds is 7. The molecule has 1 rings (SSSR count). The van der Waals surface area contributed by atoms with Crippen molar-refractivity contribution < 1.29 is 0 Å². The van der Waals surface area contributed by atoms with Gasteiger partial charge in [-0.25, -0.2) is 0 Å². The first-order chi connectivity index (χ1) is 8.11. The molecule has 1 unspecified atom stereocenters. The molecule has 1 aliphatic heterocycles. The lowest BCUT2D eigenvalue weighted by Crippen LogP contribution is -2.39. The fraction of sp³-hybridized carbons (Fsp3) is 1.00.